The van der Waals surface area contributed by atoms with Crippen LogP contribution in [0, 0.1) is 12.8 Å². The number of aryl methyl sites for hydroxylation is 1. The molecular formula is C12H18ClN3O. The van der Waals surface area contributed by atoms with E-state index in [4.69, 9.17) is 11.6 Å². The van der Waals surface area contributed by atoms with E-state index in [-0.39, 0.29) is 11.9 Å². The third-order valence-electron chi connectivity index (χ3n) is 3.30. The molecule has 0 amide bonds. The van der Waals surface area contributed by atoms with Crippen LogP contribution >= 0.6 is 11.6 Å². The van der Waals surface area contributed by atoms with Crippen molar-refractivity contribution in [2.45, 2.75) is 38.6 Å². The summed E-state index contributed by atoms with van der Waals surface area (Å²) in [5, 5.41) is 13.0. The first-order chi connectivity index (χ1) is 8.19. The first kappa shape index (κ1) is 12.6. The molecule has 2 atom stereocenters. The quantitative estimate of drug-likeness (QED) is 0.815. The molecule has 0 aliphatic heterocycles. The topological polar surface area (TPSA) is 58.0 Å². The van der Waals surface area contributed by atoms with Crippen LogP contribution in [0.5, 0.6) is 0 Å². The molecule has 0 aromatic carbocycles. The van der Waals surface area contributed by atoms with E-state index in [1.807, 2.05) is 13.0 Å². The first-order valence-electron chi connectivity index (χ1n) is 6.07. The van der Waals surface area contributed by atoms with Gasteiger partial charge >= 0.3 is 0 Å². The Balaban J connectivity index is 2.08. The zero-order valence-electron chi connectivity index (χ0n) is 9.99. The lowest BCUT2D eigenvalue weighted by molar-refractivity contribution is 0.178. The summed E-state index contributed by atoms with van der Waals surface area (Å²) in [5.41, 5.74) is 0.851. The third kappa shape index (κ3) is 3.30. The molecule has 17 heavy (non-hydrogen) atoms. The first-order valence-corrected chi connectivity index (χ1v) is 6.45. The van der Waals surface area contributed by atoms with Gasteiger partial charge in [-0.25, -0.2) is 9.97 Å². The maximum absolute atomic E-state index is 9.35. The lowest BCUT2D eigenvalue weighted by Crippen LogP contribution is -2.34. The summed E-state index contributed by atoms with van der Waals surface area (Å²) in [6, 6.07) is 2.17. The number of hydrogen-bond acceptors (Lipinski definition) is 4. The molecule has 0 spiro atoms. The minimum Gasteiger partial charge on any atom is -0.396 e. The van der Waals surface area contributed by atoms with E-state index in [1.54, 1.807) is 0 Å². The molecule has 1 aromatic rings. The molecule has 94 valence electrons. The van der Waals surface area contributed by atoms with Crippen LogP contribution in [0.1, 0.15) is 31.4 Å². The van der Waals surface area contributed by atoms with Crippen molar-refractivity contribution in [3.63, 3.8) is 0 Å². The van der Waals surface area contributed by atoms with Gasteiger partial charge in [0.1, 0.15) is 5.82 Å². The number of halogens is 1. The predicted octanol–water partition coefficient (Wildman–Crippen LogP) is 2.40. The molecule has 5 heteroatoms. The van der Waals surface area contributed by atoms with Crippen molar-refractivity contribution in [1.29, 1.82) is 0 Å². The van der Waals surface area contributed by atoms with Gasteiger partial charge in [-0.15, -0.1) is 0 Å². The van der Waals surface area contributed by atoms with Crippen LogP contribution in [0.4, 0.5) is 5.82 Å². The molecule has 1 aromatic heterocycles. The number of nitrogens with one attached hydrogen (secondary N) is 1. The van der Waals surface area contributed by atoms with Crippen LogP contribution in [0.3, 0.4) is 0 Å². The normalized spacial score (nSPS) is 24.6. The van der Waals surface area contributed by atoms with Crippen LogP contribution in [-0.2, 0) is 0 Å². The number of aliphatic hydroxyl groups is 1. The number of anilines is 1. The van der Waals surface area contributed by atoms with Crippen molar-refractivity contribution in [2.24, 2.45) is 5.92 Å². The fourth-order valence-electron chi connectivity index (χ4n) is 2.41. The van der Waals surface area contributed by atoms with Crippen molar-refractivity contribution in [2.75, 3.05) is 11.9 Å². The maximum Gasteiger partial charge on any atom is 0.224 e. The Bertz CT molecular complexity index is 366. The van der Waals surface area contributed by atoms with E-state index < -0.39 is 0 Å². The summed E-state index contributed by atoms with van der Waals surface area (Å²) < 4.78 is 0. The van der Waals surface area contributed by atoms with Gasteiger partial charge in [0.25, 0.3) is 0 Å². The van der Waals surface area contributed by atoms with Crippen LogP contribution in [0.2, 0.25) is 5.28 Å². The molecule has 2 rings (SSSR count). The average Bonchev–Trinajstić information content (AvgIpc) is 2.28. The number of hydrogen-bond donors (Lipinski definition) is 2. The number of aliphatic hydroxyl groups excluding tert-OH is 1. The number of aromatic nitrogens is 2. The van der Waals surface area contributed by atoms with Crippen molar-refractivity contribution < 1.29 is 5.11 Å². The van der Waals surface area contributed by atoms with Gasteiger partial charge in [-0.2, -0.15) is 0 Å². The van der Waals surface area contributed by atoms with Crippen molar-refractivity contribution in [3.05, 3.63) is 17.0 Å². The van der Waals surface area contributed by atoms with Crippen molar-refractivity contribution in [1.82, 2.24) is 9.97 Å². The molecule has 0 bridgehead atoms. The summed E-state index contributed by atoms with van der Waals surface area (Å²) >= 11 is 5.83. The standard InChI is InChI=1S/C12H18ClN3O/c1-8-6-11(16-12(13)14-8)15-10-5-3-2-4-9(10)7-17/h6,9-10,17H,2-5,7H2,1H3,(H,14,15,16). The molecule has 1 aliphatic carbocycles. The van der Waals surface area contributed by atoms with Gasteiger partial charge < -0.3 is 10.4 Å². The lowest BCUT2D eigenvalue weighted by atomic mass is 9.85. The minimum absolute atomic E-state index is 0.232. The molecule has 1 aliphatic rings. The molecule has 0 radical (unpaired) electrons. The van der Waals surface area contributed by atoms with Gasteiger partial charge in [-0.3, -0.25) is 0 Å². The van der Waals surface area contributed by atoms with Crippen LogP contribution in [0.15, 0.2) is 6.07 Å². The van der Waals surface area contributed by atoms with E-state index in [0.29, 0.717) is 12.0 Å². The summed E-state index contributed by atoms with van der Waals surface area (Å²) in [7, 11) is 0. The van der Waals surface area contributed by atoms with Crippen LogP contribution in [-0.4, -0.2) is 27.7 Å². The Hall–Kier alpha value is -0.870. The Morgan fingerprint density at radius 3 is 2.88 bits per heavy atom. The largest absolute Gasteiger partial charge is 0.396 e. The molecule has 2 unspecified atom stereocenters. The van der Waals surface area contributed by atoms with Gasteiger partial charge in [0, 0.05) is 30.3 Å². The lowest BCUT2D eigenvalue weighted by Gasteiger charge is -2.31. The maximum atomic E-state index is 9.35. The predicted molar refractivity (Wildman–Crippen MR) is 68.2 cm³/mol. The highest BCUT2D eigenvalue weighted by Crippen LogP contribution is 2.26. The summed E-state index contributed by atoms with van der Waals surface area (Å²) in [4.78, 5) is 8.19. The summed E-state index contributed by atoms with van der Waals surface area (Å²) in [6.07, 6.45) is 4.55. The number of nitrogens with zero attached hydrogens (tertiary/aromatic N) is 2. The fraction of sp³-hybridized carbons (Fsp3) is 0.667. The van der Waals surface area contributed by atoms with E-state index in [2.05, 4.69) is 15.3 Å². The average molecular weight is 256 g/mol. The summed E-state index contributed by atoms with van der Waals surface area (Å²) in [6.45, 7) is 2.12. The van der Waals surface area contributed by atoms with Gasteiger partial charge in [0.2, 0.25) is 5.28 Å². The molecule has 1 heterocycles. The van der Waals surface area contributed by atoms with E-state index in [1.165, 1.54) is 12.8 Å². The van der Waals surface area contributed by atoms with E-state index in [0.717, 1.165) is 24.4 Å². The second-order valence-electron chi connectivity index (χ2n) is 4.64. The third-order valence-corrected chi connectivity index (χ3v) is 3.47. The highest BCUT2D eigenvalue weighted by molar-refractivity contribution is 6.28. The second-order valence-corrected chi connectivity index (χ2v) is 4.98. The highest BCUT2D eigenvalue weighted by Gasteiger charge is 2.24. The van der Waals surface area contributed by atoms with Gasteiger partial charge in [-0.05, 0) is 31.4 Å². The minimum atomic E-state index is 0.232. The second kappa shape index (κ2) is 5.65. The zero-order valence-corrected chi connectivity index (χ0v) is 10.7. The molecule has 1 saturated carbocycles. The fourth-order valence-corrected chi connectivity index (χ4v) is 2.64. The van der Waals surface area contributed by atoms with Crippen molar-refractivity contribution in [3.8, 4) is 0 Å². The molecule has 1 fully saturated rings. The van der Waals surface area contributed by atoms with E-state index in [9.17, 15) is 5.11 Å². The van der Waals surface area contributed by atoms with Gasteiger partial charge in [-0.1, -0.05) is 12.8 Å². The van der Waals surface area contributed by atoms with Crippen molar-refractivity contribution >= 4 is 17.4 Å². The monoisotopic (exact) mass is 255 g/mol. The van der Waals surface area contributed by atoms with Crippen LogP contribution < -0.4 is 5.32 Å². The van der Waals surface area contributed by atoms with Crippen LogP contribution in [0.25, 0.3) is 0 Å². The number of rotatable bonds is 3. The van der Waals surface area contributed by atoms with Gasteiger partial charge in [0.15, 0.2) is 0 Å². The smallest absolute Gasteiger partial charge is 0.224 e. The Labute approximate surface area is 106 Å². The Morgan fingerprint density at radius 1 is 1.41 bits per heavy atom. The SMILES string of the molecule is Cc1cc(NC2CCCCC2CO)nc(Cl)n1. The summed E-state index contributed by atoms with van der Waals surface area (Å²) in [5.74, 6) is 1.07. The van der Waals surface area contributed by atoms with Gasteiger partial charge in [0.05, 0.1) is 0 Å². The zero-order chi connectivity index (χ0) is 12.3. The molecule has 0 saturated heterocycles. The molecule has 2 N–H and O–H groups in total. The molecule has 4 nitrogen and oxygen atoms in total. The highest BCUT2D eigenvalue weighted by atomic mass is 35.5. The molecular weight excluding hydrogens is 238 g/mol. The Kier molecular flexibility index (Phi) is 4.18. The Morgan fingerprint density at radius 2 is 2.18 bits per heavy atom. The van der Waals surface area contributed by atoms with E-state index >= 15 is 0 Å².